The van der Waals surface area contributed by atoms with E-state index in [9.17, 15) is 38.4 Å². The Morgan fingerprint density at radius 2 is 0.884 bits per heavy atom. The van der Waals surface area contributed by atoms with Gasteiger partial charge in [0.1, 0.15) is 39.1 Å². The maximum absolute atomic E-state index is 13.1. The maximum Gasteiger partial charge on any atom is 0.407 e. The summed E-state index contributed by atoms with van der Waals surface area (Å²) in [5.41, 5.74) is -0.756. The van der Waals surface area contributed by atoms with Crippen LogP contribution in [0, 0.1) is 21.7 Å². The van der Waals surface area contributed by atoms with Crippen LogP contribution in [-0.2, 0) is 61.9 Å². The summed E-state index contributed by atoms with van der Waals surface area (Å²) < 4.78 is 42.7. The second-order valence-electron chi connectivity index (χ2n) is 21.1. The standard InChI is InChI=1S/C50H77N3O16/c1-30(2)40(55)62-23-37(24-63-41(56)31(3)4)68-44(59)51-29-50(15)21-36(19-48(12,13)28-50)52-45(60)66-22-34(9)67-39(54)16-17-49(14)20-35(18-47(10,11)27-49)53-46(61)69-38(25-64-42(57)32(5)6)26-65-43(58)33(7)8/h34-38H,1,3,5,7,16-29H2,2,4,6,8-15H3,(H,51,59)(H,52,60)(H,53,61). The van der Waals surface area contributed by atoms with E-state index in [1.165, 1.54) is 27.7 Å². The van der Waals surface area contributed by atoms with Gasteiger partial charge in [0.15, 0.2) is 12.2 Å². The van der Waals surface area contributed by atoms with Crippen LogP contribution in [-0.4, -0.2) is 118 Å². The molecule has 2 fully saturated rings. The van der Waals surface area contributed by atoms with E-state index in [2.05, 4.69) is 70.0 Å². The Hall–Kier alpha value is -5.88. The van der Waals surface area contributed by atoms with E-state index in [0.717, 1.165) is 6.42 Å². The van der Waals surface area contributed by atoms with Crippen LogP contribution >= 0.6 is 0 Å². The summed E-state index contributed by atoms with van der Waals surface area (Å²) in [4.78, 5) is 100. The van der Waals surface area contributed by atoms with Gasteiger partial charge in [0.05, 0.1) is 0 Å². The van der Waals surface area contributed by atoms with E-state index in [1.807, 2.05) is 13.8 Å². The first-order valence-electron chi connectivity index (χ1n) is 23.2. The molecule has 0 aromatic rings. The molecule has 0 saturated heterocycles. The van der Waals surface area contributed by atoms with E-state index in [-0.39, 0.29) is 96.6 Å². The number of hydrogen-bond donors (Lipinski definition) is 3. The molecule has 0 heterocycles. The average molecular weight is 976 g/mol. The average Bonchev–Trinajstić information content (AvgIpc) is 3.21. The summed E-state index contributed by atoms with van der Waals surface area (Å²) >= 11 is 0. The number of carbonyl (C=O) groups is 8. The van der Waals surface area contributed by atoms with Crippen molar-refractivity contribution in [2.45, 2.75) is 158 Å². The van der Waals surface area contributed by atoms with Gasteiger partial charge in [0, 0.05) is 47.3 Å². The van der Waals surface area contributed by atoms with Crippen LogP contribution in [0.2, 0.25) is 0 Å². The van der Waals surface area contributed by atoms with Gasteiger partial charge in [-0.1, -0.05) is 67.9 Å². The van der Waals surface area contributed by atoms with Gasteiger partial charge in [0.25, 0.3) is 0 Å². The van der Waals surface area contributed by atoms with Crippen LogP contribution in [0.25, 0.3) is 0 Å². The van der Waals surface area contributed by atoms with Gasteiger partial charge in [-0.3, -0.25) is 4.79 Å². The van der Waals surface area contributed by atoms with Crippen molar-refractivity contribution < 1.29 is 76.3 Å². The third-order valence-electron chi connectivity index (χ3n) is 11.4. The van der Waals surface area contributed by atoms with Gasteiger partial charge in [-0.15, -0.1) is 0 Å². The Balaban J connectivity index is 1.91. The van der Waals surface area contributed by atoms with Crippen LogP contribution in [0.1, 0.15) is 128 Å². The molecule has 2 rings (SSSR count). The molecule has 2 aliphatic carbocycles. The minimum Gasteiger partial charge on any atom is -0.459 e. The van der Waals surface area contributed by atoms with Crippen molar-refractivity contribution in [3.05, 3.63) is 48.6 Å². The first-order chi connectivity index (χ1) is 31.8. The van der Waals surface area contributed by atoms with Crippen LogP contribution in [0.4, 0.5) is 14.4 Å². The minimum absolute atomic E-state index is 0.0768. The van der Waals surface area contributed by atoms with Gasteiger partial charge < -0.3 is 53.8 Å². The van der Waals surface area contributed by atoms with Crippen molar-refractivity contribution in [1.82, 2.24) is 16.0 Å². The van der Waals surface area contributed by atoms with E-state index >= 15 is 0 Å². The van der Waals surface area contributed by atoms with Gasteiger partial charge in [-0.05, 0) is 101 Å². The van der Waals surface area contributed by atoms with Crippen LogP contribution < -0.4 is 16.0 Å². The predicted octanol–water partition coefficient (Wildman–Crippen LogP) is 7.26. The van der Waals surface area contributed by atoms with Crippen molar-refractivity contribution >= 4 is 48.1 Å². The van der Waals surface area contributed by atoms with Gasteiger partial charge >= 0.3 is 48.1 Å². The summed E-state index contributed by atoms with van der Waals surface area (Å²) in [5, 5.41) is 8.60. The topological polar surface area (TPSA) is 246 Å². The molecule has 3 amide bonds. The normalized spacial score (nSPS) is 21.8. The van der Waals surface area contributed by atoms with Gasteiger partial charge in [0.2, 0.25) is 0 Å². The molecule has 388 valence electrons. The van der Waals surface area contributed by atoms with Crippen molar-refractivity contribution in [2.24, 2.45) is 21.7 Å². The number of hydrogen-bond acceptors (Lipinski definition) is 16. The number of ether oxygens (including phenoxy) is 8. The minimum atomic E-state index is -1.11. The zero-order chi connectivity index (χ0) is 52.5. The van der Waals surface area contributed by atoms with E-state index in [4.69, 9.17) is 37.9 Å². The molecule has 0 radical (unpaired) electrons. The smallest absolute Gasteiger partial charge is 0.407 e. The molecule has 0 aromatic carbocycles. The first kappa shape index (κ1) is 59.2. The summed E-state index contributed by atoms with van der Waals surface area (Å²) in [7, 11) is 0. The maximum atomic E-state index is 13.1. The van der Waals surface area contributed by atoms with Crippen molar-refractivity contribution in [3.8, 4) is 0 Å². The highest BCUT2D eigenvalue weighted by Crippen LogP contribution is 2.49. The SMILES string of the molecule is C=C(C)C(=O)OCC(COC(=O)C(=C)C)OC(=O)NCC1(C)CC(NC(=O)OCC(C)OC(=O)CCC2(C)CC(NC(=O)OC(COC(=O)C(=C)C)COC(=O)C(=C)C)CC(C)(C)C2)CC(C)(C)C1. The summed E-state index contributed by atoms with van der Waals surface area (Å²) in [6, 6.07) is -0.654. The number of nitrogens with one attached hydrogen (secondary N) is 3. The molecule has 0 aliphatic heterocycles. The zero-order valence-electron chi connectivity index (χ0n) is 42.6. The molecule has 3 N–H and O–H groups in total. The Labute approximate surface area is 407 Å². The first-order valence-corrected chi connectivity index (χ1v) is 23.2. The lowest BCUT2D eigenvalue weighted by Crippen LogP contribution is -2.51. The lowest BCUT2D eigenvalue weighted by Gasteiger charge is -2.46. The van der Waals surface area contributed by atoms with Crippen molar-refractivity contribution in [3.63, 3.8) is 0 Å². The van der Waals surface area contributed by atoms with Gasteiger partial charge in [-0.25, -0.2) is 33.6 Å². The van der Waals surface area contributed by atoms with Crippen LogP contribution in [0.15, 0.2) is 48.6 Å². The fourth-order valence-electron chi connectivity index (χ4n) is 9.15. The second-order valence-corrected chi connectivity index (χ2v) is 21.1. The zero-order valence-corrected chi connectivity index (χ0v) is 42.6. The van der Waals surface area contributed by atoms with Gasteiger partial charge in [-0.2, -0.15) is 0 Å². The van der Waals surface area contributed by atoms with Crippen molar-refractivity contribution in [1.29, 1.82) is 0 Å². The molecule has 0 bridgehead atoms. The summed E-state index contributed by atoms with van der Waals surface area (Å²) in [6.45, 7) is 32.4. The Morgan fingerprint density at radius 3 is 1.30 bits per heavy atom. The van der Waals surface area contributed by atoms with Crippen LogP contribution in [0.3, 0.4) is 0 Å². The highest BCUT2D eigenvalue weighted by molar-refractivity contribution is 5.88. The molecular weight excluding hydrogens is 899 g/mol. The Bertz CT molecular complexity index is 1880. The fourth-order valence-corrected chi connectivity index (χ4v) is 9.15. The number of alkyl carbamates (subject to hydrolysis) is 3. The van der Waals surface area contributed by atoms with Crippen LogP contribution in [0.5, 0.6) is 0 Å². The highest BCUT2D eigenvalue weighted by atomic mass is 16.6. The quantitative estimate of drug-likeness (QED) is 0.0489. The Morgan fingerprint density at radius 1 is 0.507 bits per heavy atom. The lowest BCUT2D eigenvalue weighted by atomic mass is 9.61. The third-order valence-corrected chi connectivity index (χ3v) is 11.4. The molecule has 5 unspecified atom stereocenters. The molecule has 0 aromatic heterocycles. The fraction of sp³-hybridized carbons (Fsp3) is 0.680. The van der Waals surface area contributed by atoms with E-state index in [1.54, 1.807) is 6.92 Å². The summed E-state index contributed by atoms with van der Waals surface area (Å²) in [6.07, 6.45) is -0.997. The largest absolute Gasteiger partial charge is 0.459 e. The predicted molar refractivity (Wildman–Crippen MR) is 253 cm³/mol. The number of rotatable bonds is 24. The molecule has 19 heteroatoms. The third kappa shape index (κ3) is 22.9. The van der Waals surface area contributed by atoms with Crippen molar-refractivity contribution in [2.75, 3.05) is 39.6 Å². The monoisotopic (exact) mass is 976 g/mol. The molecule has 5 atom stereocenters. The highest BCUT2D eigenvalue weighted by Gasteiger charge is 2.44. The number of amides is 3. The number of esters is 5. The molecule has 0 spiro atoms. The molecular formula is C50H77N3O16. The van der Waals surface area contributed by atoms with E-state index < -0.39 is 71.9 Å². The second kappa shape index (κ2) is 26.2. The number of carbonyl (C=O) groups excluding carboxylic acids is 8. The molecule has 2 aliphatic rings. The summed E-state index contributed by atoms with van der Waals surface area (Å²) in [5.74, 6) is -3.25. The lowest BCUT2D eigenvalue weighted by molar-refractivity contribution is -0.151. The molecule has 19 nitrogen and oxygen atoms in total. The Kier molecular flexibility index (Phi) is 22.5. The van der Waals surface area contributed by atoms with E-state index in [0.29, 0.717) is 38.5 Å². The molecule has 69 heavy (non-hydrogen) atoms. The molecule has 2 saturated carbocycles.